The maximum Gasteiger partial charge on any atom is 0.253 e. The van der Waals surface area contributed by atoms with Gasteiger partial charge >= 0.3 is 0 Å². The first-order valence-electron chi connectivity index (χ1n) is 6.80. The van der Waals surface area contributed by atoms with E-state index in [1.54, 1.807) is 0 Å². The fraction of sp³-hybridized carbons (Fsp3) is 0.267. The van der Waals surface area contributed by atoms with Crippen molar-refractivity contribution in [1.82, 2.24) is 20.0 Å². The van der Waals surface area contributed by atoms with Gasteiger partial charge in [0.25, 0.3) is 5.89 Å². The van der Waals surface area contributed by atoms with Gasteiger partial charge in [0.05, 0.1) is 11.9 Å². The smallest absolute Gasteiger partial charge is 0.253 e. The Hall–Kier alpha value is -2.63. The molecule has 2 aromatic heterocycles. The van der Waals surface area contributed by atoms with Crippen LogP contribution in [-0.4, -0.2) is 20.0 Å². The summed E-state index contributed by atoms with van der Waals surface area (Å²) in [5, 5.41) is 12.1. The van der Waals surface area contributed by atoms with Crippen LogP contribution in [0.5, 0.6) is 5.75 Å². The van der Waals surface area contributed by atoms with Crippen LogP contribution in [-0.2, 0) is 13.0 Å². The highest BCUT2D eigenvalue weighted by Crippen LogP contribution is 2.16. The van der Waals surface area contributed by atoms with Gasteiger partial charge in [-0.15, -0.1) is 10.2 Å². The van der Waals surface area contributed by atoms with E-state index >= 15 is 0 Å². The Kier molecular flexibility index (Phi) is 3.68. The van der Waals surface area contributed by atoms with Crippen molar-refractivity contribution in [2.75, 3.05) is 0 Å². The molecule has 0 N–H and O–H groups in total. The molecule has 108 valence electrons. The Morgan fingerprint density at radius 1 is 1.14 bits per heavy atom. The number of nitrogens with zero attached hydrogens (tertiary/aromatic N) is 4. The molecule has 21 heavy (non-hydrogen) atoms. The molecule has 0 saturated heterocycles. The molecular weight excluding hydrogens is 268 g/mol. The minimum Gasteiger partial charge on any atom is -0.484 e. The van der Waals surface area contributed by atoms with E-state index in [-0.39, 0.29) is 6.61 Å². The third-order valence-corrected chi connectivity index (χ3v) is 2.99. The zero-order valence-electron chi connectivity index (χ0n) is 12.0. The van der Waals surface area contributed by atoms with E-state index in [1.807, 2.05) is 55.2 Å². The van der Waals surface area contributed by atoms with Crippen LogP contribution in [0.2, 0.25) is 0 Å². The SMILES string of the molecule is CCc1nnc(COc2ccc(-n3cc(C)cn3)cc2)o1. The minimum atomic E-state index is 0.271. The molecule has 6 heteroatoms. The summed E-state index contributed by atoms with van der Waals surface area (Å²) in [7, 11) is 0. The second kappa shape index (κ2) is 5.78. The van der Waals surface area contributed by atoms with E-state index in [0.29, 0.717) is 11.8 Å². The van der Waals surface area contributed by atoms with Gasteiger partial charge in [-0.05, 0) is 36.8 Å². The number of aryl methyl sites for hydroxylation is 2. The predicted octanol–water partition coefficient (Wildman–Crippen LogP) is 2.71. The Morgan fingerprint density at radius 3 is 2.52 bits per heavy atom. The standard InChI is InChI=1S/C15H16N4O2/c1-3-14-17-18-15(21-14)10-20-13-6-4-12(5-7-13)19-9-11(2)8-16-19/h4-9H,3,10H2,1-2H3. The highest BCUT2D eigenvalue weighted by atomic mass is 16.5. The van der Waals surface area contributed by atoms with Crippen LogP contribution in [0.15, 0.2) is 41.1 Å². The molecule has 0 unspecified atom stereocenters. The predicted molar refractivity (Wildman–Crippen MR) is 76.3 cm³/mol. The molecule has 0 atom stereocenters. The Labute approximate surface area is 122 Å². The van der Waals surface area contributed by atoms with Gasteiger partial charge in [0.2, 0.25) is 5.89 Å². The Morgan fingerprint density at radius 2 is 1.90 bits per heavy atom. The van der Waals surface area contributed by atoms with E-state index in [2.05, 4.69) is 15.3 Å². The molecule has 0 radical (unpaired) electrons. The van der Waals surface area contributed by atoms with Gasteiger partial charge in [-0.2, -0.15) is 5.10 Å². The lowest BCUT2D eigenvalue weighted by atomic mass is 10.3. The lowest BCUT2D eigenvalue weighted by Crippen LogP contribution is -1.97. The van der Waals surface area contributed by atoms with Crippen molar-refractivity contribution in [2.24, 2.45) is 0 Å². The quantitative estimate of drug-likeness (QED) is 0.720. The van der Waals surface area contributed by atoms with Gasteiger partial charge in [-0.1, -0.05) is 6.92 Å². The number of ether oxygens (including phenoxy) is 1. The third-order valence-electron chi connectivity index (χ3n) is 2.99. The number of hydrogen-bond donors (Lipinski definition) is 0. The highest BCUT2D eigenvalue weighted by Gasteiger charge is 2.05. The van der Waals surface area contributed by atoms with Crippen LogP contribution in [0.3, 0.4) is 0 Å². The maximum atomic E-state index is 5.62. The molecule has 0 saturated carbocycles. The first kappa shape index (κ1) is 13.4. The van der Waals surface area contributed by atoms with Gasteiger partial charge in [0, 0.05) is 12.6 Å². The van der Waals surface area contributed by atoms with Crippen LogP contribution in [0.4, 0.5) is 0 Å². The molecule has 0 bridgehead atoms. The zero-order chi connectivity index (χ0) is 14.7. The highest BCUT2D eigenvalue weighted by molar-refractivity contribution is 5.37. The van der Waals surface area contributed by atoms with Crippen LogP contribution in [0, 0.1) is 6.92 Å². The lowest BCUT2D eigenvalue weighted by Gasteiger charge is -2.05. The molecule has 0 spiro atoms. The van der Waals surface area contributed by atoms with Crippen LogP contribution in [0.1, 0.15) is 24.3 Å². The van der Waals surface area contributed by atoms with Gasteiger partial charge in [0.1, 0.15) is 5.75 Å². The molecule has 6 nitrogen and oxygen atoms in total. The first-order chi connectivity index (χ1) is 10.2. The first-order valence-corrected chi connectivity index (χ1v) is 6.80. The van der Waals surface area contributed by atoms with Crippen molar-refractivity contribution in [3.05, 3.63) is 54.0 Å². The maximum absolute atomic E-state index is 5.62. The zero-order valence-corrected chi connectivity index (χ0v) is 12.0. The van der Waals surface area contributed by atoms with Gasteiger partial charge in [0.15, 0.2) is 6.61 Å². The van der Waals surface area contributed by atoms with Crippen molar-refractivity contribution in [3.63, 3.8) is 0 Å². The Bertz CT molecular complexity index is 715. The molecule has 0 aliphatic rings. The summed E-state index contributed by atoms with van der Waals surface area (Å²) in [6.45, 7) is 4.25. The molecule has 3 rings (SSSR count). The van der Waals surface area contributed by atoms with E-state index in [1.165, 1.54) is 0 Å². The average molecular weight is 284 g/mol. The summed E-state index contributed by atoms with van der Waals surface area (Å²) in [4.78, 5) is 0. The van der Waals surface area contributed by atoms with E-state index in [9.17, 15) is 0 Å². The number of aromatic nitrogens is 4. The van der Waals surface area contributed by atoms with Gasteiger partial charge < -0.3 is 9.15 Å². The molecule has 0 aliphatic heterocycles. The van der Waals surface area contributed by atoms with Crippen molar-refractivity contribution in [2.45, 2.75) is 26.9 Å². The molecule has 0 aliphatic carbocycles. The molecule has 0 fully saturated rings. The minimum absolute atomic E-state index is 0.271. The molecule has 1 aromatic carbocycles. The molecule has 2 heterocycles. The second-order valence-electron chi connectivity index (χ2n) is 4.69. The summed E-state index contributed by atoms with van der Waals surface area (Å²) in [6, 6.07) is 7.69. The van der Waals surface area contributed by atoms with Crippen LogP contribution in [0.25, 0.3) is 5.69 Å². The fourth-order valence-electron chi connectivity index (χ4n) is 1.88. The summed E-state index contributed by atoms with van der Waals surface area (Å²) in [5.74, 6) is 1.86. The summed E-state index contributed by atoms with van der Waals surface area (Å²) >= 11 is 0. The molecule has 3 aromatic rings. The van der Waals surface area contributed by atoms with Crippen LogP contribution >= 0.6 is 0 Å². The van der Waals surface area contributed by atoms with Crippen molar-refractivity contribution in [3.8, 4) is 11.4 Å². The van der Waals surface area contributed by atoms with E-state index < -0.39 is 0 Å². The number of rotatable bonds is 5. The van der Waals surface area contributed by atoms with Gasteiger partial charge in [-0.3, -0.25) is 0 Å². The van der Waals surface area contributed by atoms with Crippen molar-refractivity contribution in [1.29, 1.82) is 0 Å². The monoisotopic (exact) mass is 284 g/mol. The van der Waals surface area contributed by atoms with E-state index in [4.69, 9.17) is 9.15 Å². The van der Waals surface area contributed by atoms with E-state index in [0.717, 1.165) is 23.4 Å². The Balaban J connectivity index is 1.64. The number of benzene rings is 1. The van der Waals surface area contributed by atoms with Crippen molar-refractivity contribution < 1.29 is 9.15 Å². The molecular formula is C15H16N4O2. The summed E-state index contributed by atoms with van der Waals surface area (Å²) < 4.78 is 12.8. The fourth-order valence-corrected chi connectivity index (χ4v) is 1.88. The largest absolute Gasteiger partial charge is 0.484 e. The summed E-state index contributed by atoms with van der Waals surface area (Å²) in [6.07, 6.45) is 4.52. The topological polar surface area (TPSA) is 66.0 Å². The lowest BCUT2D eigenvalue weighted by molar-refractivity contribution is 0.259. The average Bonchev–Trinajstić information content (AvgIpc) is 3.14. The summed E-state index contributed by atoms with van der Waals surface area (Å²) in [5.41, 5.74) is 2.11. The third kappa shape index (κ3) is 3.10. The second-order valence-corrected chi connectivity index (χ2v) is 4.69. The molecule has 0 amide bonds. The van der Waals surface area contributed by atoms with Gasteiger partial charge in [-0.25, -0.2) is 4.68 Å². The van der Waals surface area contributed by atoms with Crippen LogP contribution < -0.4 is 4.74 Å². The normalized spacial score (nSPS) is 10.8. The number of hydrogen-bond acceptors (Lipinski definition) is 5. The van der Waals surface area contributed by atoms with Crippen molar-refractivity contribution >= 4 is 0 Å².